The van der Waals surface area contributed by atoms with Crippen molar-refractivity contribution < 1.29 is 9.53 Å². The van der Waals surface area contributed by atoms with Crippen LogP contribution in [-0.2, 0) is 4.74 Å². The molecular formula is C9H13NO2. The van der Waals surface area contributed by atoms with Gasteiger partial charge in [0.15, 0.2) is 0 Å². The molecule has 3 heteroatoms. The Morgan fingerprint density at radius 2 is 2.25 bits per heavy atom. The monoisotopic (exact) mass is 167 g/mol. The molecular weight excluding hydrogens is 154 g/mol. The van der Waals surface area contributed by atoms with Crippen LogP contribution in [0.5, 0.6) is 0 Å². The highest BCUT2D eigenvalue weighted by Crippen LogP contribution is 2.44. The molecule has 2 rings (SSSR count). The van der Waals surface area contributed by atoms with Crippen molar-refractivity contribution in [2.45, 2.75) is 6.42 Å². The topological polar surface area (TPSA) is 29.5 Å². The molecule has 0 spiro atoms. The molecule has 1 saturated heterocycles. The molecule has 66 valence electrons. The second-order valence-corrected chi connectivity index (χ2v) is 3.53. The van der Waals surface area contributed by atoms with Crippen LogP contribution >= 0.6 is 0 Å². The SMILES string of the molecule is C=CCOC(=O)N1CC2CC2C1. The van der Waals surface area contributed by atoms with E-state index in [0.717, 1.165) is 24.9 Å². The Morgan fingerprint density at radius 1 is 1.58 bits per heavy atom. The van der Waals surface area contributed by atoms with E-state index < -0.39 is 0 Å². The molecule has 2 fully saturated rings. The van der Waals surface area contributed by atoms with E-state index in [1.165, 1.54) is 6.42 Å². The maximum atomic E-state index is 11.2. The van der Waals surface area contributed by atoms with Crippen LogP contribution in [0, 0.1) is 11.8 Å². The van der Waals surface area contributed by atoms with Gasteiger partial charge in [-0.05, 0) is 18.3 Å². The van der Waals surface area contributed by atoms with Gasteiger partial charge in [0.25, 0.3) is 0 Å². The van der Waals surface area contributed by atoms with Crippen molar-refractivity contribution in [3.8, 4) is 0 Å². The first kappa shape index (κ1) is 7.65. The van der Waals surface area contributed by atoms with Gasteiger partial charge in [-0.2, -0.15) is 0 Å². The van der Waals surface area contributed by atoms with Crippen molar-refractivity contribution in [1.82, 2.24) is 4.90 Å². The Labute approximate surface area is 72.0 Å². The molecule has 0 aromatic heterocycles. The highest BCUT2D eigenvalue weighted by Gasteiger charge is 2.46. The van der Waals surface area contributed by atoms with Crippen LogP contribution in [-0.4, -0.2) is 30.7 Å². The number of carbonyl (C=O) groups excluding carboxylic acids is 1. The minimum absolute atomic E-state index is 0.179. The van der Waals surface area contributed by atoms with Crippen molar-refractivity contribution in [2.75, 3.05) is 19.7 Å². The number of piperidine rings is 1. The molecule has 0 radical (unpaired) electrons. The second-order valence-electron chi connectivity index (χ2n) is 3.53. The standard InChI is InChI=1S/C9H13NO2/c1-2-3-12-9(11)10-5-7-4-8(7)6-10/h2,7-8H,1,3-6H2. The zero-order chi connectivity index (χ0) is 8.55. The molecule has 2 aliphatic rings. The van der Waals surface area contributed by atoms with Gasteiger partial charge in [0.1, 0.15) is 6.61 Å². The summed E-state index contributed by atoms with van der Waals surface area (Å²) in [6.07, 6.45) is 2.72. The average Bonchev–Trinajstić information content (AvgIpc) is 2.69. The summed E-state index contributed by atoms with van der Waals surface area (Å²) < 4.78 is 4.91. The molecule has 1 amide bonds. The summed E-state index contributed by atoms with van der Waals surface area (Å²) in [5.74, 6) is 1.56. The lowest BCUT2D eigenvalue weighted by Crippen LogP contribution is -2.30. The number of ether oxygens (including phenoxy) is 1. The van der Waals surface area contributed by atoms with Crippen molar-refractivity contribution in [2.24, 2.45) is 11.8 Å². The third-order valence-electron chi connectivity index (χ3n) is 2.56. The van der Waals surface area contributed by atoms with Gasteiger partial charge in [0.2, 0.25) is 0 Å². The van der Waals surface area contributed by atoms with Crippen molar-refractivity contribution in [3.05, 3.63) is 12.7 Å². The number of carbonyl (C=O) groups is 1. The summed E-state index contributed by atoms with van der Waals surface area (Å²) in [7, 11) is 0. The van der Waals surface area contributed by atoms with Crippen molar-refractivity contribution in [3.63, 3.8) is 0 Å². The van der Waals surface area contributed by atoms with Crippen LogP contribution in [0.2, 0.25) is 0 Å². The Bertz CT molecular complexity index is 205. The Balaban J connectivity index is 1.77. The van der Waals surface area contributed by atoms with E-state index in [0.29, 0.717) is 6.61 Å². The first-order valence-corrected chi connectivity index (χ1v) is 4.34. The third-order valence-corrected chi connectivity index (χ3v) is 2.56. The second kappa shape index (κ2) is 2.81. The zero-order valence-corrected chi connectivity index (χ0v) is 7.03. The van der Waals surface area contributed by atoms with E-state index >= 15 is 0 Å². The first-order chi connectivity index (χ1) is 5.81. The van der Waals surface area contributed by atoms with E-state index in [-0.39, 0.29) is 6.09 Å². The molecule has 3 nitrogen and oxygen atoms in total. The molecule has 12 heavy (non-hydrogen) atoms. The number of hydrogen-bond acceptors (Lipinski definition) is 2. The quantitative estimate of drug-likeness (QED) is 0.579. The Morgan fingerprint density at radius 3 is 2.83 bits per heavy atom. The molecule has 1 aliphatic heterocycles. The van der Waals surface area contributed by atoms with Gasteiger partial charge >= 0.3 is 6.09 Å². The van der Waals surface area contributed by atoms with E-state index in [9.17, 15) is 4.79 Å². The van der Waals surface area contributed by atoms with Crippen LogP contribution in [0.4, 0.5) is 4.79 Å². The van der Waals surface area contributed by atoms with Crippen LogP contribution < -0.4 is 0 Å². The maximum Gasteiger partial charge on any atom is 0.410 e. The minimum atomic E-state index is -0.179. The highest BCUT2D eigenvalue weighted by atomic mass is 16.6. The van der Waals surface area contributed by atoms with E-state index in [4.69, 9.17) is 4.74 Å². The molecule has 0 bridgehead atoms. The smallest absolute Gasteiger partial charge is 0.410 e. The third kappa shape index (κ3) is 1.31. The van der Waals surface area contributed by atoms with Crippen LogP contribution in [0.25, 0.3) is 0 Å². The zero-order valence-electron chi connectivity index (χ0n) is 7.03. The van der Waals surface area contributed by atoms with E-state index in [2.05, 4.69) is 6.58 Å². The fourth-order valence-corrected chi connectivity index (χ4v) is 1.77. The Hall–Kier alpha value is -0.990. The minimum Gasteiger partial charge on any atom is -0.445 e. The molecule has 1 heterocycles. The van der Waals surface area contributed by atoms with Gasteiger partial charge in [-0.1, -0.05) is 12.7 Å². The number of amides is 1. The van der Waals surface area contributed by atoms with Gasteiger partial charge in [-0.25, -0.2) is 4.79 Å². The lowest BCUT2D eigenvalue weighted by molar-refractivity contribution is 0.117. The maximum absolute atomic E-state index is 11.2. The fraction of sp³-hybridized carbons (Fsp3) is 0.667. The molecule has 0 N–H and O–H groups in total. The summed E-state index contributed by atoms with van der Waals surface area (Å²) in [6.45, 7) is 5.62. The van der Waals surface area contributed by atoms with E-state index in [1.807, 2.05) is 0 Å². The van der Waals surface area contributed by atoms with Crippen molar-refractivity contribution in [1.29, 1.82) is 0 Å². The number of likely N-dealkylation sites (tertiary alicyclic amines) is 1. The first-order valence-electron chi connectivity index (χ1n) is 4.34. The molecule has 0 aromatic rings. The number of hydrogen-bond donors (Lipinski definition) is 0. The Kier molecular flexibility index (Phi) is 1.79. The fourth-order valence-electron chi connectivity index (χ4n) is 1.77. The largest absolute Gasteiger partial charge is 0.445 e. The van der Waals surface area contributed by atoms with E-state index in [1.54, 1.807) is 11.0 Å². The van der Waals surface area contributed by atoms with Gasteiger partial charge in [-0.15, -0.1) is 0 Å². The van der Waals surface area contributed by atoms with Gasteiger partial charge < -0.3 is 9.64 Å². The lowest BCUT2D eigenvalue weighted by atomic mass is 10.4. The molecule has 2 atom stereocenters. The number of fused-ring (bicyclic) bond motifs is 1. The predicted molar refractivity (Wildman–Crippen MR) is 44.7 cm³/mol. The molecule has 1 aliphatic carbocycles. The lowest BCUT2D eigenvalue weighted by Gasteiger charge is -2.16. The molecule has 2 unspecified atom stereocenters. The average molecular weight is 167 g/mol. The summed E-state index contributed by atoms with van der Waals surface area (Å²) in [6, 6.07) is 0. The van der Waals surface area contributed by atoms with Gasteiger partial charge in [-0.3, -0.25) is 0 Å². The molecule has 1 saturated carbocycles. The normalized spacial score (nSPS) is 31.2. The number of nitrogens with zero attached hydrogens (tertiary/aromatic N) is 1. The van der Waals surface area contributed by atoms with Crippen LogP contribution in [0.1, 0.15) is 6.42 Å². The molecule has 0 aromatic carbocycles. The summed E-state index contributed by atoms with van der Waals surface area (Å²) in [5, 5.41) is 0. The highest BCUT2D eigenvalue weighted by molar-refractivity contribution is 5.68. The van der Waals surface area contributed by atoms with Crippen LogP contribution in [0.15, 0.2) is 12.7 Å². The number of rotatable bonds is 2. The van der Waals surface area contributed by atoms with Crippen molar-refractivity contribution >= 4 is 6.09 Å². The summed E-state index contributed by atoms with van der Waals surface area (Å²) >= 11 is 0. The summed E-state index contributed by atoms with van der Waals surface area (Å²) in [4.78, 5) is 13.0. The predicted octanol–water partition coefficient (Wildman–Crippen LogP) is 1.26. The van der Waals surface area contributed by atoms with Gasteiger partial charge in [0, 0.05) is 13.1 Å². The van der Waals surface area contributed by atoms with Crippen LogP contribution in [0.3, 0.4) is 0 Å². The van der Waals surface area contributed by atoms with Gasteiger partial charge in [0.05, 0.1) is 0 Å². The summed E-state index contributed by atoms with van der Waals surface area (Å²) in [5.41, 5.74) is 0.